The SMILES string of the molecule is CC1CN(CC[C@](C)(N)C(=O)O)C[C@H](C)N1. The van der Waals surface area contributed by atoms with E-state index >= 15 is 0 Å². The highest BCUT2D eigenvalue weighted by Gasteiger charge is 2.29. The van der Waals surface area contributed by atoms with Crippen LogP contribution >= 0.6 is 0 Å². The van der Waals surface area contributed by atoms with Crippen LogP contribution in [0.3, 0.4) is 0 Å². The summed E-state index contributed by atoms with van der Waals surface area (Å²) in [6.45, 7) is 8.52. The molecule has 3 atom stereocenters. The lowest BCUT2D eigenvalue weighted by Gasteiger charge is -2.37. The molecule has 0 aromatic carbocycles. The van der Waals surface area contributed by atoms with E-state index in [0.717, 1.165) is 19.6 Å². The Kier molecular flexibility index (Phi) is 4.29. The van der Waals surface area contributed by atoms with Crippen molar-refractivity contribution in [2.75, 3.05) is 19.6 Å². The normalized spacial score (nSPS) is 31.0. The molecule has 1 aliphatic heterocycles. The summed E-state index contributed by atoms with van der Waals surface area (Å²) in [7, 11) is 0. The maximum Gasteiger partial charge on any atom is 0.323 e. The highest BCUT2D eigenvalue weighted by atomic mass is 16.4. The van der Waals surface area contributed by atoms with Gasteiger partial charge in [-0.1, -0.05) is 0 Å². The van der Waals surface area contributed by atoms with Crippen LogP contribution in [0.4, 0.5) is 0 Å². The number of nitrogens with two attached hydrogens (primary N) is 1. The lowest BCUT2D eigenvalue weighted by molar-refractivity contribution is -0.143. The van der Waals surface area contributed by atoms with Gasteiger partial charge in [-0.3, -0.25) is 4.79 Å². The minimum atomic E-state index is -1.11. The average Bonchev–Trinajstić information content (AvgIpc) is 2.13. The van der Waals surface area contributed by atoms with Gasteiger partial charge >= 0.3 is 5.97 Å². The number of aliphatic carboxylic acids is 1. The molecule has 16 heavy (non-hydrogen) atoms. The number of carbonyl (C=O) groups is 1. The number of nitrogens with one attached hydrogen (secondary N) is 1. The van der Waals surface area contributed by atoms with Crippen molar-refractivity contribution in [3.05, 3.63) is 0 Å². The molecular weight excluding hydrogens is 206 g/mol. The van der Waals surface area contributed by atoms with Crippen LogP contribution < -0.4 is 11.1 Å². The number of hydrogen-bond acceptors (Lipinski definition) is 4. The fourth-order valence-corrected chi connectivity index (χ4v) is 2.12. The fraction of sp³-hybridized carbons (Fsp3) is 0.909. The van der Waals surface area contributed by atoms with Gasteiger partial charge in [0, 0.05) is 31.7 Å². The molecule has 94 valence electrons. The standard InChI is InChI=1S/C11H23N3O2/c1-8-6-14(7-9(2)13-8)5-4-11(3,12)10(15)16/h8-9,13H,4-7,12H2,1-3H3,(H,15,16)/t8-,9?,11-/m0/s1. The van der Waals surface area contributed by atoms with Gasteiger partial charge in [-0.25, -0.2) is 0 Å². The maximum absolute atomic E-state index is 10.9. The molecule has 1 saturated heterocycles. The van der Waals surface area contributed by atoms with Gasteiger partial charge in [-0.05, 0) is 27.2 Å². The summed E-state index contributed by atoms with van der Waals surface area (Å²) >= 11 is 0. The van der Waals surface area contributed by atoms with Crippen molar-refractivity contribution in [1.82, 2.24) is 10.2 Å². The molecule has 0 bridgehead atoms. The molecule has 5 nitrogen and oxygen atoms in total. The minimum Gasteiger partial charge on any atom is -0.480 e. The van der Waals surface area contributed by atoms with Crippen molar-refractivity contribution in [1.29, 1.82) is 0 Å². The largest absolute Gasteiger partial charge is 0.480 e. The van der Waals surface area contributed by atoms with Crippen molar-refractivity contribution in [2.24, 2.45) is 5.73 Å². The van der Waals surface area contributed by atoms with E-state index in [9.17, 15) is 4.79 Å². The van der Waals surface area contributed by atoms with Crippen LogP contribution in [-0.2, 0) is 4.79 Å². The summed E-state index contributed by atoms with van der Waals surface area (Å²) in [6, 6.07) is 0.912. The van der Waals surface area contributed by atoms with Crippen LogP contribution in [0.2, 0.25) is 0 Å². The Hall–Kier alpha value is -0.650. The first kappa shape index (κ1) is 13.4. The van der Waals surface area contributed by atoms with Gasteiger partial charge in [0.15, 0.2) is 0 Å². The van der Waals surface area contributed by atoms with Crippen LogP contribution in [0.5, 0.6) is 0 Å². The fourth-order valence-electron chi connectivity index (χ4n) is 2.12. The molecule has 1 fully saturated rings. The molecule has 0 radical (unpaired) electrons. The van der Waals surface area contributed by atoms with E-state index in [2.05, 4.69) is 24.1 Å². The molecule has 0 aliphatic carbocycles. The van der Waals surface area contributed by atoms with E-state index in [1.165, 1.54) is 0 Å². The van der Waals surface area contributed by atoms with Crippen molar-refractivity contribution in [2.45, 2.75) is 44.8 Å². The highest BCUT2D eigenvalue weighted by molar-refractivity contribution is 5.77. The van der Waals surface area contributed by atoms with Crippen molar-refractivity contribution < 1.29 is 9.90 Å². The highest BCUT2D eigenvalue weighted by Crippen LogP contribution is 2.10. The number of rotatable bonds is 4. The number of carboxylic acid groups (broad SMARTS) is 1. The second-order valence-electron chi connectivity index (χ2n) is 5.20. The van der Waals surface area contributed by atoms with E-state index in [4.69, 9.17) is 10.8 Å². The van der Waals surface area contributed by atoms with E-state index in [1.807, 2.05) is 0 Å². The van der Waals surface area contributed by atoms with Crippen LogP contribution in [0.25, 0.3) is 0 Å². The number of carboxylic acids is 1. The van der Waals surface area contributed by atoms with Crippen LogP contribution in [-0.4, -0.2) is 53.2 Å². The smallest absolute Gasteiger partial charge is 0.323 e. The lowest BCUT2D eigenvalue weighted by atomic mass is 9.99. The molecule has 4 N–H and O–H groups in total. The van der Waals surface area contributed by atoms with Gasteiger partial charge in [0.2, 0.25) is 0 Å². The number of nitrogens with zero attached hydrogens (tertiary/aromatic N) is 1. The Balaban J connectivity index is 2.40. The molecule has 0 amide bonds. The summed E-state index contributed by atoms with van der Waals surface area (Å²) in [5, 5.41) is 12.4. The topological polar surface area (TPSA) is 78.6 Å². The van der Waals surface area contributed by atoms with Crippen LogP contribution in [0, 0.1) is 0 Å². The van der Waals surface area contributed by atoms with Gasteiger partial charge in [0.05, 0.1) is 0 Å². The molecule has 0 spiro atoms. The van der Waals surface area contributed by atoms with Gasteiger partial charge in [0.25, 0.3) is 0 Å². The summed E-state index contributed by atoms with van der Waals surface area (Å²) in [4.78, 5) is 13.1. The summed E-state index contributed by atoms with van der Waals surface area (Å²) in [5.74, 6) is -0.927. The van der Waals surface area contributed by atoms with Crippen LogP contribution in [0.1, 0.15) is 27.2 Å². The molecule has 1 rings (SSSR count). The Morgan fingerprint density at radius 3 is 2.44 bits per heavy atom. The van der Waals surface area contributed by atoms with E-state index in [0.29, 0.717) is 18.5 Å². The Morgan fingerprint density at radius 2 is 2.00 bits per heavy atom. The summed E-state index contributed by atoms with van der Waals surface area (Å²) in [6.07, 6.45) is 0.488. The molecule has 0 aromatic rings. The molecule has 1 heterocycles. The third kappa shape index (κ3) is 3.73. The molecule has 1 aliphatic rings. The van der Waals surface area contributed by atoms with Gasteiger partial charge in [-0.15, -0.1) is 0 Å². The van der Waals surface area contributed by atoms with Gasteiger partial charge in [0.1, 0.15) is 5.54 Å². The van der Waals surface area contributed by atoms with Crippen LogP contribution in [0.15, 0.2) is 0 Å². The van der Waals surface area contributed by atoms with E-state index in [1.54, 1.807) is 6.92 Å². The zero-order valence-electron chi connectivity index (χ0n) is 10.4. The first-order valence-corrected chi connectivity index (χ1v) is 5.82. The van der Waals surface area contributed by atoms with Crippen molar-refractivity contribution in [3.8, 4) is 0 Å². The minimum absolute atomic E-state index is 0.456. The maximum atomic E-state index is 10.9. The van der Waals surface area contributed by atoms with Gasteiger partial charge in [-0.2, -0.15) is 0 Å². The second kappa shape index (κ2) is 5.12. The molecule has 0 saturated carbocycles. The Labute approximate surface area is 97.0 Å². The lowest BCUT2D eigenvalue weighted by Crippen LogP contribution is -2.56. The molecule has 5 heteroatoms. The summed E-state index contributed by atoms with van der Waals surface area (Å²) in [5.41, 5.74) is 4.59. The second-order valence-corrected chi connectivity index (χ2v) is 5.20. The van der Waals surface area contributed by atoms with Crippen molar-refractivity contribution >= 4 is 5.97 Å². The third-order valence-corrected chi connectivity index (χ3v) is 3.07. The predicted octanol–water partition coefficient (Wildman–Crippen LogP) is -0.139. The van der Waals surface area contributed by atoms with Gasteiger partial charge < -0.3 is 21.1 Å². The zero-order chi connectivity index (χ0) is 12.3. The first-order valence-electron chi connectivity index (χ1n) is 5.82. The first-order chi connectivity index (χ1) is 7.31. The predicted molar refractivity (Wildman–Crippen MR) is 63.3 cm³/mol. The Bertz CT molecular complexity index is 246. The third-order valence-electron chi connectivity index (χ3n) is 3.07. The number of piperazine rings is 1. The molecular formula is C11H23N3O2. The quantitative estimate of drug-likeness (QED) is 0.625. The monoisotopic (exact) mass is 229 g/mol. The number of hydrogen-bond donors (Lipinski definition) is 3. The van der Waals surface area contributed by atoms with Crippen molar-refractivity contribution in [3.63, 3.8) is 0 Å². The average molecular weight is 229 g/mol. The Morgan fingerprint density at radius 1 is 1.50 bits per heavy atom. The van der Waals surface area contributed by atoms with E-state index < -0.39 is 11.5 Å². The zero-order valence-corrected chi connectivity index (χ0v) is 10.4. The molecule has 1 unspecified atom stereocenters. The summed E-state index contributed by atoms with van der Waals surface area (Å²) < 4.78 is 0. The van der Waals surface area contributed by atoms with E-state index in [-0.39, 0.29) is 0 Å². The molecule has 0 aromatic heterocycles.